The highest BCUT2D eigenvalue weighted by atomic mass is 16.5. The lowest BCUT2D eigenvalue weighted by molar-refractivity contribution is -0.137. The minimum atomic E-state index is 0.0442. The number of fused-ring (bicyclic) bond motifs is 1. The summed E-state index contributed by atoms with van der Waals surface area (Å²) in [6.45, 7) is 5.19. The van der Waals surface area contributed by atoms with Crippen molar-refractivity contribution in [1.82, 2.24) is 5.32 Å². The van der Waals surface area contributed by atoms with Gasteiger partial charge in [-0.3, -0.25) is 4.79 Å². The number of nitrogens with two attached hydrogens (primary N) is 1. The van der Waals surface area contributed by atoms with Gasteiger partial charge in [0, 0.05) is 36.1 Å². The van der Waals surface area contributed by atoms with Gasteiger partial charge in [0.15, 0.2) is 0 Å². The van der Waals surface area contributed by atoms with Gasteiger partial charge in [0.1, 0.15) is 0 Å². The summed E-state index contributed by atoms with van der Waals surface area (Å²) in [6, 6.07) is 7.97. The van der Waals surface area contributed by atoms with Crippen LogP contribution in [-0.2, 0) is 16.0 Å². The van der Waals surface area contributed by atoms with Crippen molar-refractivity contribution in [3.63, 3.8) is 0 Å². The quantitative estimate of drug-likeness (QED) is 0.834. The van der Waals surface area contributed by atoms with Crippen LogP contribution in [0.25, 0.3) is 0 Å². The van der Waals surface area contributed by atoms with Crippen molar-refractivity contribution in [1.29, 1.82) is 0 Å². The smallest absolute Gasteiger partial charge is 0.220 e. The van der Waals surface area contributed by atoms with Crippen molar-refractivity contribution >= 4 is 11.6 Å². The standard InChI is InChI=1S/C17H24N2O2/c1-17(2)15(12-9-10-21-16(12)17)19-14(20)8-7-11-5-3-4-6-13(11)18/h3-6,12,15-16H,7-10,18H2,1-2H3,(H,19,20). The number of nitrogen functional groups attached to an aromatic ring is 1. The number of carbonyl (C=O) groups is 1. The maximum Gasteiger partial charge on any atom is 0.220 e. The third-order valence-corrected chi connectivity index (χ3v) is 5.09. The van der Waals surface area contributed by atoms with Crippen LogP contribution in [0.1, 0.15) is 32.3 Å². The van der Waals surface area contributed by atoms with Crippen molar-refractivity contribution in [2.45, 2.75) is 45.3 Å². The molecular weight excluding hydrogens is 264 g/mol. The molecule has 1 aromatic carbocycles. The lowest BCUT2D eigenvalue weighted by Crippen LogP contribution is -2.66. The first-order chi connectivity index (χ1) is 10.00. The van der Waals surface area contributed by atoms with Crippen LogP contribution >= 0.6 is 0 Å². The van der Waals surface area contributed by atoms with Crippen LogP contribution in [0.3, 0.4) is 0 Å². The van der Waals surface area contributed by atoms with E-state index in [-0.39, 0.29) is 17.4 Å². The molecule has 3 unspecified atom stereocenters. The number of ether oxygens (including phenoxy) is 1. The van der Waals surface area contributed by atoms with Crippen molar-refractivity contribution in [3.05, 3.63) is 29.8 Å². The second-order valence-corrected chi connectivity index (χ2v) is 6.81. The predicted molar refractivity (Wildman–Crippen MR) is 82.7 cm³/mol. The van der Waals surface area contributed by atoms with E-state index in [1.165, 1.54) is 0 Å². The summed E-state index contributed by atoms with van der Waals surface area (Å²) in [5.74, 6) is 0.604. The number of benzene rings is 1. The fourth-order valence-corrected chi connectivity index (χ4v) is 3.87. The van der Waals surface area contributed by atoms with E-state index in [4.69, 9.17) is 10.5 Å². The molecule has 1 saturated carbocycles. The first kappa shape index (κ1) is 14.4. The molecule has 3 rings (SSSR count). The number of nitrogens with one attached hydrogen (secondary N) is 1. The molecule has 0 bridgehead atoms. The molecule has 1 aliphatic carbocycles. The van der Waals surface area contributed by atoms with Gasteiger partial charge in [0.2, 0.25) is 5.91 Å². The molecule has 1 saturated heterocycles. The normalized spacial score (nSPS) is 29.5. The average Bonchev–Trinajstić information content (AvgIpc) is 2.91. The molecule has 114 valence electrons. The molecular formula is C17H24N2O2. The average molecular weight is 288 g/mol. The van der Waals surface area contributed by atoms with E-state index in [1.807, 2.05) is 24.3 Å². The van der Waals surface area contributed by atoms with Crippen molar-refractivity contribution in [2.75, 3.05) is 12.3 Å². The summed E-state index contributed by atoms with van der Waals surface area (Å²) in [5.41, 5.74) is 7.76. The van der Waals surface area contributed by atoms with E-state index in [0.29, 0.717) is 24.9 Å². The third kappa shape index (κ3) is 2.53. The number of hydrogen-bond donors (Lipinski definition) is 2. The van der Waals surface area contributed by atoms with Crippen molar-refractivity contribution in [3.8, 4) is 0 Å². The van der Waals surface area contributed by atoms with Crippen LogP contribution in [0.15, 0.2) is 24.3 Å². The second-order valence-electron chi connectivity index (χ2n) is 6.81. The van der Waals surface area contributed by atoms with E-state index in [9.17, 15) is 4.79 Å². The molecule has 0 aromatic heterocycles. The van der Waals surface area contributed by atoms with Gasteiger partial charge >= 0.3 is 0 Å². The first-order valence-electron chi connectivity index (χ1n) is 7.74. The summed E-state index contributed by atoms with van der Waals surface area (Å²) < 4.78 is 5.76. The number of para-hydroxylation sites is 1. The Morgan fingerprint density at radius 2 is 2.19 bits per heavy atom. The fraction of sp³-hybridized carbons (Fsp3) is 0.588. The van der Waals surface area contributed by atoms with Gasteiger partial charge in [-0.05, 0) is 24.5 Å². The topological polar surface area (TPSA) is 64.4 Å². The summed E-state index contributed by atoms with van der Waals surface area (Å²) in [5, 5.41) is 3.21. The van der Waals surface area contributed by atoms with E-state index in [0.717, 1.165) is 24.3 Å². The molecule has 3 atom stereocenters. The van der Waals surface area contributed by atoms with Crippen LogP contribution < -0.4 is 11.1 Å². The Hall–Kier alpha value is -1.55. The van der Waals surface area contributed by atoms with E-state index in [1.54, 1.807) is 0 Å². The van der Waals surface area contributed by atoms with Crippen LogP contribution in [0.2, 0.25) is 0 Å². The van der Waals surface area contributed by atoms with Crippen LogP contribution in [-0.4, -0.2) is 24.7 Å². The van der Waals surface area contributed by atoms with E-state index >= 15 is 0 Å². The largest absolute Gasteiger partial charge is 0.399 e. The lowest BCUT2D eigenvalue weighted by Gasteiger charge is -2.54. The fourth-order valence-electron chi connectivity index (χ4n) is 3.87. The maximum absolute atomic E-state index is 12.2. The number of hydrogen-bond acceptors (Lipinski definition) is 3. The molecule has 1 amide bonds. The van der Waals surface area contributed by atoms with Crippen LogP contribution in [0.5, 0.6) is 0 Å². The first-order valence-corrected chi connectivity index (χ1v) is 7.74. The molecule has 1 heterocycles. The Labute approximate surface area is 126 Å². The van der Waals surface area contributed by atoms with Crippen molar-refractivity contribution < 1.29 is 9.53 Å². The maximum atomic E-state index is 12.2. The highest BCUT2D eigenvalue weighted by Gasteiger charge is 2.59. The Balaban J connectivity index is 1.54. The summed E-state index contributed by atoms with van der Waals surface area (Å²) >= 11 is 0. The molecule has 1 aromatic rings. The summed E-state index contributed by atoms with van der Waals surface area (Å²) in [6.07, 6.45) is 2.55. The van der Waals surface area contributed by atoms with Crippen LogP contribution in [0.4, 0.5) is 5.69 Å². The molecule has 1 aliphatic heterocycles. The minimum Gasteiger partial charge on any atom is -0.399 e. The Kier molecular flexibility index (Phi) is 3.66. The van der Waals surface area contributed by atoms with Gasteiger partial charge in [0.05, 0.1) is 6.10 Å². The zero-order chi connectivity index (χ0) is 15.0. The SMILES string of the molecule is CC1(C)C(NC(=O)CCc2ccccc2N)C2CCOC21. The van der Waals surface area contributed by atoms with Crippen molar-refractivity contribution in [2.24, 2.45) is 11.3 Å². The minimum absolute atomic E-state index is 0.0442. The van der Waals surface area contributed by atoms with E-state index < -0.39 is 0 Å². The predicted octanol–water partition coefficient (Wildman–Crippen LogP) is 2.13. The molecule has 0 spiro atoms. The lowest BCUT2D eigenvalue weighted by atomic mass is 9.57. The molecule has 21 heavy (non-hydrogen) atoms. The molecule has 3 N–H and O–H groups in total. The number of carbonyl (C=O) groups excluding carboxylic acids is 1. The summed E-state index contributed by atoms with van der Waals surface area (Å²) in [4.78, 5) is 12.2. The monoisotopic (exact) mass is 288 g/mol. The molecule has 4 nitrogen and oxygen atoms in total. The van der Waals surface area contributed by atoms with Gasteiger partial charge in [-0.1, -0.05) is 32.0 Å². The van der Waals surface area contributed by atoms with Gasteiger partial charge in [-0.2, -0.15) is 0 Å². The number of aryl methyl sites for hydroxylation is 1. The zero-order valence-corrected chi connectivity index (χ0v) is 12.8. The molecule has 4 heteroatoms. The number of rotatable bonds is 4. The Morgan fingerprint density at radius 3 is 2.95 bits per heavy atom. The number of anilines is 1. The zero-order valence-electron chi connectivity index (χ0n) is 12.8. The van der Waals surface area contributed by atoms with Gasteiger partial charge in [0.25, 0.3) is 0 Å². The van der Waals surface area contributed by atoms with E-state index in [2.05, 4.69) is 19.2 Å². The van der Waals surface area contributed by atoms with Crippen LogP contribution in [0, 0.1) is 11.3 Å². The number of amides is 1. The second kappa shape index (κ2) is 5.34. The highest BCUT2D eigenvalue weighted by Crippen LogP contribution is 2.52. The molecule has 2 fully saturated rings. The highest BCUT2D eigenvalue weighted by molar-refractivity contribution is 5.77. The van der Waals surface area contributed by atoms with Gasteiger partial charge in [-0.25, -0.2) is 0 Å². The molecule has 0 radical (unpaired) electrons. The Bertz CT molecular complexity index is 541. The van der Waals surface area contributed by atoms with Gasteiger partial charge < -0.3 is 15.8 Å². The summed E-state index contributed by atoms with van der Waals surface area (Å²) in [7, 11) is 0. The third-order valence-electron chi connectivity index (χ3n) is 5.09. The van der Waals surface area contributed by atoms with Gasteiger partial charge in [-0.15, -0.1) is 0 Å². The Morgan fingerprint density at radius 1 is 1.43 bits per heavy atom. The molecule has 2 aliphatic rings.